The second-order valence-electron chi connectivity index (χ2n) is 5.76. The van der Waals surface area contributed by atoms with E-state index < -0.39 is 21.7 Å². The number of aromatic nitrogens is 1. The van der Waals surface area contributed by atoms with Gasteiger partial charge in [0, 0.05) is 16.9 Å². The summed E-state index contributed by atoms with van der Waals surface area (Å²) in [4.78, 5) is 16.2. The normalized spacial score (nSPS) is 11.0. The summed E-state index contributed by atoms with van der Waals surface area (Å²) in [5.41, 5.74) is 1.39. The molecule has 0 saturated carbocycles. The van der Waals surface area contributed by atoms with Gasteiger partial charge in [0.05, 0.1) is 4.90 Å². The van der Waals surface area contributed by atoms with Crippen LogP contribution in [-0.2, 0) is 10.0 Å². The molecule has 0 fully saturated rings. The van der Waals surface area contributed by atoms with Gasteiger partial charge in [0.25, 0.3) is 15.9 Å². The van der Waals surface area contributed by atoms with E-state index in [1.165, 1.54) is 48.5 Å². The topological polar surface area (TPSA) is 88.2 Å². The first-order valence-corrected chi connectivity index (χ1v) is 9.45. The zero-order valence-corrected chi connectivity index (χ0v) is 15.1. The summed E-state index contributed by atoms with van der Waals surface area (Å²) in [6, 6.07) is 15.8. The molecule has 2 aromatic carbocycles. The highest BCUT2D eigenvalue weighted by molar-refractivity contribution is 7.92. The third-order valence-electron chi connectivity index (χ3n) is 3.66. The molecule has 1 amide bonds. The average Bonchev–Trinajstić information content (AvgIpc) is 2.62. The Balaban J connectivity index is 1.72. The van der Waals surface area contributed by atoms with Crippen molar-refractivity contribution < 1.29 is 17.6 Å². The molecular formula is C19H16FN3O3S. The zero-order chi connectivity index (χ0) is 19.4. The van der Waals surface area contributed by atoms with E-state index in [9.17, 15) is 17.6 Å². The molecule has 6 nitrogen and oxygen atoms in total. The number of aryl methyl sites for hydroxylation is 1. The quantitative estimate of drug-likeness (QED) is 0.703. The number of pyridine rings is 1. The standard InChI is InChI=1S/C19H16FN3O3S/c1-13-3-2-4-18(21-13)23-27(25,26)17-11-9-16(10-12-17)22-19(24)14-5-7-15(20)8-6-14/h2-12H,1H3,(H,21,23)(H,22,24). The number of benzene rings is 2. The molecule has 2 N–H and O–H groups in total. The first kappa shape index (κ1) is 18.5. The van der Waals surface area contributed by atoms with Gasteiger partial charge in [-0.15, -0.1) is 0 Å². The van der Waals surface area contributed by atoms with Crippen LogP contribution in [0.1, 0.15) is 16.1 Å². The van der Waals surface area contributed by atoms with Crippen molar-refractivity contribution in [3.63, 3.8) is 0 Å². The van der Waals surface area contributed by atoms with E-state index in [1.54, 1.807) is 25.1 Å². The highest BCUT2D eigenvalue weighted by atomic mass is 32.2. The van der Waals surface area contributed by atoms with Gasteiger partial charge in [-0.2, -0.15) is 0 Å². The lowest BCUT2D eigenvalue weighted by Gasteiger charge is -2.09. The molecule has 1 aromatic heterocycles. The van der Waals surface area contributed by atoms with E-state index in [2.05, 4.69) is 15.0 Å². The minimum Gasteiger partial charge on any atom is -0.322 e. The van der Waals surface area contributed by atoms with Crippen molar-refractivity contribution in [1.82, 2.24) is 4.98 Å². The van der Waals surface area contributed by atoms with E-state index in [-0.39, 0.29) is 10.7 Å². The van der Waals surface area contributed by atoms with E-state index in [4.69, 9.17) is 0 Å². The summed E-state index contributed by atoms with van der Waals surface area (Å²) in [6.07, 6.45) is 0. The molecule has 0 aliphatic carbocycles. The van der Waals surface area contributed by atoms with E-state index >= 15 is 0 Å². The zero-order valence-electron chi connectivity index (χ0n) is 14.3. The Hall–Kier alpha value is -3.26. The molecule has 3 rings (SSSR count). The molecule has 138 valence electrons. The number of nitrogens with zero attached hydrogens (tertiary/aromatic N) is 1. The minimum atomic E-state index is -3.80. The van der Waals surface area contributed by atoms with Crippen molar-refractivity contribution in [2.45, 2.75) is 11.8 Å². The average molecular weight is 385 g/mol. The molecule has 1 heterocycles. The van der Waals surface area contributed by atoms with Crippen LogP contribution in [0.3, 0.4) is 0 Å². The van der Waals surface area contributed by atoms with Crippen LogP contribution < -0.4 is 10.0 Å². The highest BCUT2D eigenvalue weighted by Gasteiger charge is 2.15. The largest absolute Gasteiger partial charge is 0.322 e. The molecule has 0 spiro atoms. The van der Waals surface area contributed by atoms with E-state index in [1.807, 2.05) is 0 Å². The first-order valence-electron chi connectivity index (χ1n) is 7.97. The van der Waals surface area contributed by atoms with Crippen molar-refractivity contribution in [1.29, 1.82) is 0 Å². The fraction of sp³-hybridized carbons (Fsp3) is 0.0526. The molecule has 0 aliphatic heterocycles. The Kier molecular flexibility index (Phi) is 5.18. The molecule has 0 radical (unpaired) electrons. The second-order valence-corrected chi connectivity index (χ2v) is 7.44. The van der Waals surface area contributed by atoms with Crippen LogP contribution in [0.2, 0.25) is 0 Å². The molecule has 8 heteroatoms. The summed E-state index contributed by atoms with van der Waals surface area (Å²) in [5, 5.41) is 2.62. The fourth-order valence-electron chi connectivity index (χ4n) is 2.32. The number of carbonyl (C=O) groups is 1. The smallest absolute Gasteiger partial charge is 0.263 e. The van der Waals surface area contributed by atoms with Gasteiger partial charge in [-0.05, 0) is 67.6 Å². The molecule has 3 aromatic rings. The van der Waals surface area contributed by atoms with Gasteiger partial charge in [-0.25, -0.2) is 17.8 Å². The number of halogens is 1. The molecule has 0 unspecified atom stereocenters. The minimum absolute atomic E-state index is 0.0330. The van der Waals surface area contributed by atoms with Crippen molar-refractivity contribution in [2.24, 2.45) is 0 Å². The van der Waals surface area contributed by atoms with Crippen molar-refractivity contribution >= 4 is 27.4 Å². The molecule has 0 aliphatic rings. The molecule has 27 heavy (non-hydrogen) atoms. The van der Waals surface area contributed by atoms with Crippen molar-refractivity contribution in [2.75, 3.05) is 10.0 Å². The van der Waals surface area contributed by atoms with Crippen LogP contribution in [0.5, 0.6) is 0 Å². The number of carbonyl (C=O) groups excluding carboxylic acids is 1. The maximum absolute atomic E-state index is 12.9. The Labute approximate surface area is 156 Å². The van der Waals surface area contributed by atoms with Crippen LogP contribution in [0, 0.1) is 12.7 Å². The van der Waals surface area contributed by atoms with Crippen LogP contribution in [0.25, 0.3) is 0 Å². The maximum atomic E-state index is 12.9. The lowest BCUT2D eigenvalue weighted by Crippen LogP contribution is -2.15. The molecule has 0 saturated heterocycles. The highest BCUT2D eigenvalue weighted by Crippen LogP contribution is 2.18. The fourth-order valence-corrected chi connectivity index (χ4v) is 3.32. The Morgan fingerprint density at radius 3 is 2.26 bits per heavy atom. The molecular weight excluding hydrogens is 369 g/mol. The van der Waals surface area contributed by atoms with Gasteiger partial charge in [0.1, 0.15) is 11.6 Å². The number of anilines is 2. The Morgan fingerprint density at radius 2 is 1.63 bits per heavy atom. The van der Waals surface area contributed by atoms with Crippen LogP contribution in [-0.4, -0.2) is 19.3 Å². The van der Waals surface area contributed by atoms with Crippen molar-refractivity contribution in [3.05, 3.63) is 83.8 Å². The number of sulfonamides is 1. The van der Waals surface area contributed by atoms with Crippen LogP contribution in [0.4, 0.5) is 15.9 Å². The third-order valence-corrected chi connectivity index (χ3v) is 5.03. The van der Waals surface area contributed by atoms with E-state index in [0.717, 1.165) is 0 Å². The molecule has 0 bridgehead atoms. The third kappa shape index (κ3) is 4.68. The number of nitrogens with one attached hydrogen (secondary N) is 2. The summed E-state index contributed by atoms with van der Waals surface area (Å²) in [7, 11) is -3.80. The van der Waals surface area contributed by atoms with Crippen LogP contribution >= 0.6 is 0 Å². The first-order chi connectivity index (χ1) is 12.8. The van der Waals surface area contributed by atoms with Gasteiger partial charge >= 0.3 is 0 Å². The van der Waals surface area contributed by atoms with Gasteiger partial charge in [-0.3, -0.25) is 9.52 Å². The maximum Gasteiger partial charge on any atom is 0.263 e. The van der Waals surface area contributed by atoms with Gasteiger partial charge in [0.15, 0.2) is 0 Å². The number of amides is 1. The second kappa shape index (κ2) is 7.55. The predicted molar refractivity (Wildman–Crippen MR) is 101 cm³/mol. The van der Waals surface area contributed by atoms with Crippen LogP contribution in [0.15, 0.2) is 71.6 Å². The summed E-state index contributed by atoms with van der Waals surface area (Å²) in [6.45, 7) is 1.76. The van der Waals surface area contributed by atoms with E-state index in [0.29, 0.717) is 16.9 Å². The number of hydrogen-bond donors (Lipinski definition) is 2. The monoisotopic (exact) mass is 385 g/mol. The van der Waals surface area contributed by atoms with Gasteiger partial charge in [0.2, 0.25) is 0 Å². The lowest BCUT2D eigenvalue weighted by atomic mass is 10.2. The summed E-state index contributed by atoms with van der Waals surface area (Å²) in [5.74, 6) is -0.631. The lowest BCUT2D eigenvalue weighted by molar-refractivity contribution is 0.102. The van der Waals surface area contributed by atoms with Gasteiger partial charge in [-0.1, -0.05) is 6.07 Å². The number of hydrogen-bond acceptors (Lipinski definition) is 4. The Bertz CT molecular complexity index is 1070. The molecule has 0 atom stereocenters. The Morgan fingerprint density at radius 1 is 0.963 bits per heavy atom. The van der Waals surface area contributed by atoms with Crippen molar-refractivity contribution in [3.8, 4) is 0 Å². The summed E-state index contributed by atoms with van der Waals surface area (Å²) >= 11 is 0. The SMILES string of the molecule is Cc1cccc(NS(=O)(=O)c2ccc(NC(=O)c3ccc(F)cc3)cc2)n1. The predicted octanol–water partition coefficient (Wildman–Crippen LogP) is 3.58. The summed E-state index contributed by atoms with van der Waals surface area (Å²) < 4.78 is 40.2. The van der Waals surface area contributed by atoms with Gasteiger partial charge < -0.3 is 5.32 Å². The number of rotatable bonds is 5.